The molecule has 0 atom stereocenters. The van der Waals surface area contributed by atoms with Crippen molar-refractivity contribution in [2.45, 2.75) is 91.8 Å². The molecule has 0 saturated carbocycles. The number of hydrogen-bond acceptors (Lipinski definition) is 5. The largest absolute Gasteiger partial charge is 0.507 e. The maximum absolute atomic E-state index is 13.8. The highest BCUT2D eigenvalue weighted by Crippen LogP contribution is 2.29. The fraction of sp³-hybridized carbons (Fsp3) is 0.517. The first kappa shape index (κ1) is 30.3. The van der Waals surface area contributed by atoms with Gasteiger partial charge in [0.2, 0.25) is 0 Å². The number of nitrogens with zero attached hydrogens (tertiary/aromatic N) is 2. The molecule has 2 rings (SSSR count). The van der Waals surface area contributed by atoms with Crippen molar-refractivity contribution >= 4 is 17.5 Å². The molecule has 5 nitrogen and oxygen atoms in total. The molecule has 194 valence electrons. The molecular weight excluding hydrogens is 439 g/mol. The van der Waals surface area contributed by atoms with Crippen molar-refractivity contribution in [3.05, 3.63) is 59.7 Å². The van der Waals surface area contributed by atoms with Crippen LogP contribution in [0.2, 0.25) is 0 Å². The van der Waals surface area contributed by atoms with Crippen LogP contribution < -0.4 is 10.6 Å². The van der Waals surface area contributed by atoms with E-state index in [1.807, 2.05) is 6.92 Å². The molecule has 1 aromatic rings. The molecule has 1 saturated heterocycles. The van der Waals surface area contributed by atoms with E-state index in [2.05, 4.69) is 68.7 Å². The highest BCUT2D eigenvalue weighted by Gasteiger charge is 2.37. The number of phenols is 1. The van der Waals surface area contributed by atoms with Crippen molar-refractivity contribution in [3.8, 4) is 5.75 Å². The highest BCUT2D eigenvalue weighted by atomic mass is 19.1. The van der Waals surface area contributed by atoms with Gasteiger partial charge in [0.15, 0.2) is 0 Å². The lowest BCUT2D eigenvalue weighted by Crippen LogP contribution is -2.61. The molecule has 1 aromatic carbocycles. The van der Waals surface area contributed by atoms with Gasteiger partial charge in [-0.05, 0) is 78.2 Å². The quantitative estimate of drug-likeness (QED) is 0.367. The molecule has 0 aliphatic carbocycles. The zero-order chi connectivity index (χ0) is 26.8. The number of aromatic hydroxyl groups is 1. The molecule has 1 heterocycles. The lowest BCUT2D eigenvalue weighted by molar-refractivity contribution is 0.151. The number of benzene rings is 1. The van der Waals surface area contributed by atoms with Gasteiger partial charge in [0.05, 0.1) is 5.71 Å². The Morgan fingerprint density at radius 2 is 1.77 bits per heavy atom. The van der Waals surface area contributed by atoms with Gasteiger partial charge in [-0.3, -0.25) is 9.98 Å². The molecule has 0 amide bonds. The normalized spacial score (nSPS) is 19.0. The van der Waals surface area contributed by atoms with Crippen molar-refractivity contribution in [1.29, 1.82) is 0 Å². The van der Waals surface area contributed by atoms with E-state index in [1.165, 1.54) is 25.6 Å². The SMILES string of the molecule is C=CC(=N/C=C(\C)NC1CC(C)(C)NC(C)(C)C1)c1ccc(/C(C=NC)=C(/C)F)cc1O.CCC. The molecule has 1 fully saturated rings. The minimum absolute atomic E-state index is 0.00488. The summed E-state index contributed by atoms with van der Waals surface area (Å²) in [4.78, 5) is 8.43. The Balaban J connectivity index is 0.00000194. The van der Waals surface area contributed by atoms with Crippen LogP contribution in [-0.4, -0.2) is 41.2 Å². The van der Waals surface area contributed by atoms with E-state index in [-0.39, 0.29) is 22.7 Å². The molecule has 6 heteroatoms. The summed E-state index contributed by atoms with van der Waals surface area (Å²) in [5, 5.41) is 17.8. The van der Waals surface area contributed by atoms with Gasteiger partial charge in [-0.1, -0.05) is 32.9 Å². The summed E-state index contributed by atoms with van der Waals surface area (Å²) in [7, 11) is 1.58. The average molecular weight is 485 g/mol. The molecule has 0 bridgehead atoms. The summed E-state index contributed by atoms with van der Waals surface area (Å²) >= 11 is 0. The number of rotatable bonds is 7. The second-order valence-corrected chi connectivity index (χ2v) is 10.4. The fourth-order valence-corrected chi connectivity index (χ4v) is 4.59. The monoisotopic (exact) mass is 484 g/mol. The first-order valence-corrected chi connectivity index (χ1v) is 12.3. The first-order valence-electron chi connectivity index (χ1n) is 12.3. The van der Waals surface area contributed by atoms with Crippen molar-refractivity contribution in [2.24, 2.45) is 9.98 Å². The second kappa shape index (κ2) is 13.4. The van der Waals surface area contributed by atoms with Crippen molar-refractivity contribution in [2.75, 3.05) is 7.05 Å². The Hall–Kier alpha value is -2.73. The highest BCUT2D eigenvalue weighted by molar-refractivity contribution is 6.13. The van der Waals surface area contributed by atoms with Crippen LogP contribution in [0.4, 0.5) is 4.39 Å². The first-order chi connectivity index (χ1) is 16.3. The number of piperidine rings is 1. The van der Waals surface area contributed by atoms with Gasteiger partial charge < -0.3 is 15.7 Å². The Kier molecular flexibility index (Phi) is 11.6. The lowest BCUT2D eigenvalue weighted by Gasteiger charge is -2.47. The second-order valence-electron chi connectivity index (χ2n) is 10.4. The Labute approximate surface area is 212 Å². The average Bonchev–Trinajstić information content (AvgIpc) is 2.71. The molecule has 0 unspecified atom stereocenters. The van der Waals surface area contributed by atoms with Crippen LogP contribution in [0, 0.1) is 0 Å². The van der Waals surface area contributed by atoms with Gasteiger partial charge in [0, 0.05) is 53.4 Å². The maximum atomic E-state index is 13.8. The summed E-state index contributed by atoms with van der Waals surface area (Å²) in [6.07, 6.45) is 8.06. The number of aliphatic imine (C=N–C) groups is 2. The van der Waals surface area contributed by atoms with E-state index >= 15 is 0 Å². The van der Waals surface area contributed by atoms with Crippen LogP contribution in [0.1, 0.15) is 85.8 Å². The predicted molar refractivity (Wildman–Crippen MR) is 150 cm³/mol. The lowest BCUT2D eigenvalue weighted by atomic mass is 9.79. The number of nitrogens with one attached hydrogen (secondary N) is 2. The third-order valence-corrected chi connectivity index (χ3v) is 5.43. The van der Waals surface area contributed by atoms with Crippen molar-refractivity contribution in [3.63, 3.8) is 0 Å². The molecule has 0 spiro atoms. The van der Waals surface area contributed by atoms with E-state index in [9.17, 15) is 9.50 Å². The van der Waals surface area contributed by atoms with Gasteiger partial charge in [0.25, 0.3) is 0 Å². The minimum Gasteiger partial charge on any atom is -0.507 e. The topological polar surface area (TPSA) is 69.0 Å². The summed E-state index contributed by atoms with van der Waals surface area (Å²) < 4.78 is 13.8. The van der Waals surface area contributed by atoms with Crippen molar-refractivity contribution < 1.29 is 9.50 Å². The number of phenolic OH excluding ortho intramolecular Hbond substituents is 1. The van der Waals surface area contributed by atoms with E-state index in [0.29, 0.717) is 28.5 Å². The van der Waals surface area contributed by atoms with Crippen LogP contribution in [0.3, 0.4) is 0 Å². The van der Waals surface area contributed by atoms with E-state index in [1.54, 1.807) is 31.5 Å². The molecule has 1 aliphatic heterocycles. The maximum Gasteiger partial charge on any atom is 0.125 e. The third-order valence-electron chi connectivity index (χ3n) is 5.43. The van der Waals surface area contributed by atoms with Crippen LogP contribution in [0.15, 0.2) is 58.6 Å². The molecule has 3 N–H and O–H groups in total. The van der Waals surface area contributed by atoms with Crippen LogP contribution in [0.25, 0.3) is 5.57 Å². The number of allylic oxidation sites excluding steroid dienone is 4. The summed E-state index contributed by atoms with van der Waals surface area (Å²) in [6, 6.07) is 5.30. The summed E-state index contributed by atoms with van der Waals surface area (Å²) in [5.74, 6) is -0.362. The summed E-state index contributed by atoms with van der Waals surface area (Å²) in [6.45, 7) is 20.3. The number of hydrogen-bond donors (Lipinski definition) is 3. The van der Waals surface area contributed by atoms with Gasteiger partial charge in [-0.25, -0.2) is 4.39 Å². The van der Waals surface area contributed by atoms with E-state index in [4.69, 9.17) is 0 Å². The standard InChI is InChI=1S/C26H37FN4O.C3H8/c1-9-23(21-11-10-19(12-24(21)32)22(16-28-8)18(3)27)29-15-17(2)30-20-13-25(4,5)31-26(6,7)14-20;1-3-2/h9-12,15-16,20,30-32H,1,13-14H2,2-8H3;3H2,1-2H3/b17-15+,22-18-,28-16?,29-23?;. The van der Waals surface area contributed by atoms with Crippen LogP contribution >= 0.6 is 0 Å². The zero-order valence-corrected chi connectivity index (χ0v) is 23.1. The van der Waals surface area contributed by atoms with E-state index < -0.39 is 0 Å². The number of halogens is 1. The van der Waals surface area contributed by atoms with Crippen LogP contribution in [0.5, 0.6) is 5.75 Å². The molecule has 1 aliphatic rings. The Morgan fingerprint density at radius 3 is 2.23 bits per heavy atom. The van der Waals surface area contributed by atoms with Gasteiger partial charge in [-0.2, -0.15) is 0 Å². The molecule has 0 aromatic heterocycles. The summed E-state index contributed by atoms with van der Waals surface area (Å²) in [5.41, 5.74) is 2.99. The van der Waals surface area contributed by atoms with Crippen LogP contribution in [-0.2, 0) is 0 Å². The van der Waals surface area contributed by atoms with Gasteiger partial charge >= 0.3 is 0 Å². The van der Waals surface area contributed by atoms with Gasteiger partial charge in [0.1, 0.15) is 11.6 Å². The van der Waals surface area contributed by atoms with Crippen molar-refractivity contribution in [1.82, 2.24) is 10.6 Å². The molecule has 0 radical (unpaired) electrons. The minimum atomic E-state index is -0.366. The molecule has 35 heavy (non-hydrogen) atoms. The fourth-order valence-electron chi connectivity index (χ4n) is 4.59. The molecular formula is C29H45FN4O. The predicted octanol–water partition coefficient (Wildman–Crippen LogP) is 6.94. The Bertz CT molecular complexity index is 966. The smallest absolute Gasteiger partial charge is 0.125 e. The van der Waals surface area contributed by atoms with Gasteiger partial charge in [-0.15, -0.1) is 0 Å². The third kappa shape index (κ3) is 9.81. The van der Waals surface area contributed by atoms with E-state index in [0.717, 1.165) is 18.5 Å². The zero-order valence-electron chi connectivity index (χ0n) is 23.1. The Morgan fingerprint density at radius 1 is 1.20 bits per heavy atom.